The van der Waals surface area contributed by atoms with Crippen molar-refractivity contribution in [3.8, 4) is 0 Å². The lowest BCUT2D eigenvalue weighted by Gasteiger charge is -2.16. The van der Waals surface area contributed by atoms with E-state index < -0.39 is 5.60 Å². The summed E-state index contributed by atoms with van der Waals surface area (Å²) in [5.41, 5.74) is -0.526. The SMILES string of the molecule is CCC(C)CNCCSCC(C)(C)O. The summed E-state index contributed by atoms with van der Waals surface area (Å²) in [5, 5.41) is 12.9. The summed E-state index contributed by atoms with van der Waals surface area (Å²) < 4.78 is 0. The molecule has 2 nitrogen and oxygen atoms in total. The van der Waals surface area contributed by atoms with E-state index >= 15 is 0 Å². The number of aliphatic hydroxyl groups is 1. The largest absolute Gasteiger partial charge is 0.390 e. The zero-order chi connectivity index (χ0) is 11.0. The number of thioether (sulfide) groups is 1. The van der Waals surface area contributed by atoms with Crippen molar-refractivity contribution >= 4 is 11.8 Å². The minimum atomic E-state index is -0.526. The average Bonchev–Trinajstić information content (AvgIpc) is 2.08. The summed E-state index contributed by atoms with van der Waals surface area (Å²) in [4.78, 5) is 0. The van der Waals surface area contributed by atoms with Gasteiger partial charge in [0.2, 0.25) is 0 Å². The Hall–Kier alpha value is 0.270. The van der Waals surface area contributed by atoms with Gasteiger partial charge >= 0.3 is 0 Å². The van der Waals surface area contributed by atoms with Crippen LogP contribution in [0.25, 0.3) is 0 Å². The highest BCUT2D eigenvalue weighted by molar-refractivity contribution is 7.99. The van der Waals surface area contributed by atoms with E-state index in [-0.39, 0.29) is 0 Å². The minimum absolute atomic E-state index is 0.526. The summed E-state index contributed by atoms with van der Waals surface area (Å²) >= 11 is 1.81. The van der Waals surface area contributed by atoms with Gasteiger partial charge in [0.05, 0.1) is 5.60 Å². The Balaban J connectivity index is 3.14. The molecule has 0 amide bonds. The van der Waals surface area contributed by atoms with Gasteiger partial charge in [-0.15, -0.1) is 0 Å². The van der Waals surface area contributed by atoms with Gasteiger partial charge in [0, 0.05) is 18.1 Å². The third kappa shape index (κ3) is 10.4. The molecule has 0 aromatic rings. The summed E-state index contributed by atoms with van der Waals surface area (Å²) in [6.45, 7) is 10.3. The number of nitrogens with one attached hydrogen (secondary N) is 1. The Morgan fingerprint density at radius 3 is 2.57 bits per heavy atom. The molecule has 0 saturated heterocycles. The number of hydrogen-bond donors (Lipinski definition) is 2. The van der Waals surface area contributed by atoms with Crippen LogP contribution in [0.15, 0.2) is 0 Å². The van der Waals surface area contributed by atoms with Gasteiger partial charge < -0.3 is 10.4 Å². The van der Waals surface area contributed by atoms with Crippen LogP contribution in [0.5, 0.6) is 0 Å². The molecular formula is C11H25NOS. The Labute approximate surface area is 92.9 Å². The van der Waals surface area contributed by atoms with Gasteiger partial charge in [0.1, 0.15) is 0 Å². The molecule has 0 aromatic heterocycles. The van der Waals surface area contributed by atoms with Crippen molar-refractivity contribution < 1.29 is 5.11 Å². The van der Waals surface area contributed by atoms with Crippen LogP contribution < -0.4 is 5.32 Å². The first-order valence-corrected chi connectivity index (χ1v) is 6.62. The molecule has 1 unspecified atom stereocenters. The van der Waals surface area contributed by atoms with Crippen molar-refractivity contribution in [3.63, 3.8) is 0 Å². The Kier molecular flexibility index (Phi) is 7.69. The Morgan fingerprint density at radius 1 is 1.43 bits per heavy atom. The summed E-state index contributed by atoms with van der Waals surface area (Å²) in [7, 11) is 0. The standard InChI is InChI=1S/C11H25NOS/c1-5-10(2)8-12-6-7-14-9-11(3,4)13/h10,12-13H,5-9H2,1-4H3. The lowest BCUT2D eigenvalue weighted by atomic mass is 10.1. The number of rotatable bonds is 8. The van der Waals surface area contributed by atoms with Crippen molar-refractivity contribution in [1.29, 1.82) is 0 Å². The highest BCUT2D eigenvalue weighted by atomic mass is 32.2. The van der Waals surface area contributed by atoms with E-state index in [1.54, 1.807) is 11.8 Å². The van der Waals surface area contributed by atoms with Crippen molar-refractivity contribution in [3.05, 3.63) is 0 Å². The Bertz CT molecular complexity index is 134. The normalized spacial score (nSPS) is 14.4. The predicted molar refractivity (Wildman–Crippen MR) is 65.9 cm³/mol. The molecule has 3 heteroatoms. The van der Waals surface area contributed by atoms with E-state index in [4.69, 9.17) is 0 Å². The average molecular weight is 219 g/mol. The van der Waals surface area contributed by atoms with E-state index in [0.717, 1.165) is 30.5 Å². The molecule has 2 N–H and O–H groups in total. The first kappa shape index (κ1) is 14.3. The second kappa shape index (κ2) is 7.55. The lowest BCUT2D eigenvalue weighted by Crippen LogP contribution is -2.25. The van der Waals surface area contributed by atoms with E-state index in [1.165, 1.54) is 6.42 Å². The third-order valence-corrected chi connectivity index (χ3v) is 3.47. The quantitative estimate of drug-likeness (QED) is 0.613. The maximum atomic E-state index is 9.46. The molecule has 0 spiro atoms. The second-order valence-electron chi connectivity index (χ2n) is 4.58. The van der Waals surface area contributed by atoms with Crippen molar-refractivity contribution in [2.45, 2.75) is 39.7 Å². The third-order valence-electron chi connectivity index (χ3n) is 2.07. The van der Waals surface area contributed by atoms with Crippen LogP contribution in [0.1, 0.15) is 34.1 Å². The van der Waals surface area contributed by atoms with Gasteiger partial charge in [0.25, 0.3) is 0 Å². The molecule has 0 aromatic carbocycles. The van der Waals surface area contributed by atoms with Crippen LogP contribution >= 0.6 is 11.8 Å². The van der Waals surface area contributed by atoms with Crippen molar-refractivity contribution in [1.82, 2.24) is 5.32 Å². The first-order chi connectivity index (χ1) is 6.45. The van der Waals surface area contributed by atoms with Crippen molar-refractivity contribution in [2.75, 3.05) is 24.6 Å². The van der Waals surface area contributed by atoms with Crippen LogP contribution in [0, 0.1) is 5.92 Å². The molecule has 0 rings (SSSR count). The zero-order valence-electron chi connectivity index (χ0n) is 9.97. The molecule has 0 aliphatic rings. The molecule has 0 aliphatic carbocycles. The van der Waals surface area contributed by atoms with Gasteiger partial charge in [-0.25, -0.2) is 0 Å². The minimum Gasteiger partial charge on any atom is -0.390 e. The van der Waals surface area contributed by atoms with Crippen LogP contribution in [-0.2, 0) is 0 Å². The molecule has 0 saturated carbocycles. The molecule has 0 fully saturated rings. The van der Waals surface area contributed by atoms with E-state index in [1.807, 2.05) is 13.8 Å². The molecule has 14 heavy (non-hydrogen) atoms. The topological polar surface area (TPSA) is 32.3 Å². The van der Waals surface area contributed by atoms with E-state index in [0.29, 0.717) is 0 Å². The highest BCUT2D eigenvalue weighted by Crippen LogP contribution is 2.10. The molecule has 1 atom stereocenters. The Morgan fingerprint density at radius 2 is 2.07 bits per heavy atom. The van der Waals surface area contributed by atoms with Gasteiger partial charge in [-0.05, 0) is 26.3 Å². The predicted octanol–water partition coefficient (Wildman–Crippen LogP) is 2.13. The summed E-state index contributed by atoms with van der Waals surface area (Å²) in [6.07, 6.45) is 1.24. The summed E-state index contributed by atoms with van der Waals surface area (Å²) in [5.74, 6) is 2.67. The molecule has 86 valence electrons. The van der Waals surface area contributed by atoms with Gasteiger partial charge in [-0.3, -0.25) is 0 Å². The first-order valence-electron chi connectivity index (χ1n) is 5.46. The molecule has 0 heterocycles. The second-order valence-corrected chi connectivity index (χ2v) is 5.69. The van der Waals surface area contributed by atoms with Gasteiger partial charge in [-0.1, -0.05) is 20.3 Å². The molecular weight excluding hydrogens is 194 g/mol. The smallest absolute Gasteiger partial charge is 0.0681 e. The maximum absolute atomic E-state index is 9.46. The van der Waals surface area contributed by atoms with Crippen LogP contribution in [0.3, 0.4) is 0 Å². The van der Waals surface area contributed by atoms with Crippen LogP contribution in [0.2, 0.25) is 0 Å². The van der Waals surface area contributed by atoms with Crippen LogP contribution in [0.4, 0.5) is 0 Å². The van der Waals surface area contributed by atoms with Gasteiger partial charge in [0.15, 0.2) is 0 Å². The van der Waals surface area contributed by atoms with E-state index in [9.17, 15) is 5.11 Å². The van der Waals surface area contributed by atoms with Gasteiger partial charge in [-0.2, -0.15) is 11.8 Å². The number of hydrogen-bond acceptors (Lipinski definition) is 3. The molecule has 0 aliphatic heterocycles. The van der Waals surface area contributed by atoms with Crippen LogP contribution in [-0.4, -0.2) is 35.3 Å². The monoisotopic (exact) mass is 219 g/mol. The maximum Gasteiger partial charge on any atom is 0.0681 e. The van der Waals surface area contributed by atoms with E-state index in [2.05, 4.69) is 19.2 Å². The zero-order valence-corrected chi connectivity index (χ0v) is 10.8. The van der Waals surface area contributed by atoms with Crippen molar-refractivity contribution in [2.24, 2.45) is 5.92 Å². The summed E-state index contributed by atoms with van der Waals surface area (Å²) in [6, 6.07) is 0. The molecule has 0 bridgehead atoms. The highest BCUT2D eigenvalue weighted by Gasteiger charge is 2.11. The lowest BCUT2D eigenvalue weighted by molar-refractivity contribution is 0.107. The fourth-order valence-corrected chi connectivity index (χ4v) is 1.89. The molecule has 0 radical (unpaired) electrons. The fraction of sp³-hybridized carbons (Fsp3) is 1.00. The fourth-order valence-electron chi connectivity index (χ4n) is 0.959.